The average Bonchev–Trinajstić information content (AvgIpc) is 2.35. The van der Waals surface area contributed by atoms with E-state index >= 15 is 0 Å². The van der Waals surface area contributed by atoms with Crippen LogP contribution in [-0.4, -0.2) is 51.1 Å². The maximum absolute atomic E-state index is 13.3. The molecule has 0 amide bonds. The molecule has 0 aliphatic carbocycles. The Balaban J connectivity index is 2.93. The van der Waals surface area contributed by atoms with Gasteiger partial charge in [0.05, 0.1) is 10.5 Å². The lowest BCUT2D eigenvalue weighted by Crippen LogP contribution is -2.34. The molecule has 0 radical (unpaired) electrons. The van der Waals surface area contributed by atoms with Gasteiger partial charge in [-0.3, -0.25) is 0 Å². The Morgan fingerprint density at radius 1 is 1.43 bits per heavy atom. The number of carboxylic acids is 1. The summed E-state index contributed by atoms with van der Waals surface area (Å²) in [6.07, 6.45) is 0.596. The summed E-state index contributed by atoms with van der Waals surface area (Å²) in [7, 11) is -0.128. The number of hydrogen-bond acceptors (Lipinski definition) is 4. The van der Waals surface area contributed by atoms with Crippen molar-refractivity contribution in [2.75, 3.05) is 20.6 Å². The summed E-state index contributed by atoms with van der Waals surface area (Å²) in [6, 6.07) is 2.37. The predicted molar refractivity (Wildman–Crippen MR) is 76.3 cm³/mol. The summed E-state index contributed by atoms with van der Waals surface area (Å²) in [6.45, 7) is 2.41. The summed E-state index contributed by atoms with van der Waals surface area (Å²) in [4.78, 5) is 12.5. The van der Waals surface area contributed by atoms with Gasteiger partial charge in [0, 0.05) is 6.04 Å². The second-order valence-corrected chi connectivity index (χ2v) is 6.78. The standard InChI is InChI=1S/C13H19FN2O4S/c1-9(6-7-16(2)3)15-21(19,20)10-4-5-12(14)11(8-10)13(17)18/h4-5,8-9,15H,6-7H2,1-3H3,(H,17,18). The third kappa shape index (κ3) is 5.07. The number of rotatable bonds is 7. The van der Waals surface area contributed by atoms with Crippen LogP contribution in [0.15, 0.2) is 23.1 Å². The number of carboxylic acid groups (broad SMARTS) is 1. The highest BCUT2D eigenvalue weighted by Gasteiger charge is 2.20. The highest BCUT2D eigenvalue weighted by molar-refractivity contribution is 7.89. The van der Waals surface area contributed by atoms with Crippen molar-refractivity contribution >= 4 is 16.0 Å². The van der Waals surface area contributed by atoms with E-state index in [1.807, 2.05) is 19.0 Å². The van der Waals surface area contributed by atoms with Crippen LogP contribution in [0.2, 0.25) is 0 Å². The Bertz CT molecular complexity index is 617. The molecule has 0 heterocycles. The molecule has 0 aromatic heterocycles. The van der Waals surface area contributed by atoms with Crippen LogP contribution in [0.1, 0.15) is 23.7 Å². The van der Waals surface area contributed by atoms with Crippen molar-refractivity contribution in [2.24, 2.45) is 0 Å². The lowest BCUT2D eigenvalue weighted by molar-refractivity contribution is 0.0691. The second kappa shape index (κ2) is 6.97. The molecule has 0 saturated carbocycles. The fraction of sp³-hybridized carbons (Fsp3) is 0.462. The summed E-state index contributed by atoms with van der Waals surface area (Å²) in [5.74, 6) is -2.48. The van der Waals surface area contributed by atoms with E-state index in [9.17, 15) is 17.6 Å². The van der Waals surface area contributed by atoms with Crippen LogP contribution in [0, 0.1) is 5.82 Å². The van der Waals surface area contributed by atoms with E-state index in [-0.39, 0.29) is 10.9 Å². The molecule has 1 atom stereocenters. The van der Waals surface area contributed by atoms with E-state index in [1.165, 1.54) is 0 Å². The molecule has 1 rings (SSSR count). The first-order valence-electron chi connectivity index (χ1n) is 6.33. The fourth-order valence-corrected chi connectivity index (χ4v) is 2.98. The molecule has 1 unspecified atom stereocenters. The number of nitrogens with zero attached hydrogens (tertiary/aromatic N) is 1. The lowest BCUT2D eigenvalue weighted by atomic mass is 10.2. The maximum Gasteiger partial charge on any atom is 0.338 e. The Hall–Kier alpha value is -1.51. The molecule has 6 nitrogen and oxygen atoms in total. The van der Waals surface area contributed by atoms with Gasteiger partial charge in [-0.1, -0.05) is 0 Å². The summed E-state index contributed by atoms with van der Waals surface area (Å²) in [5, 5.41) is 8.82. The molecule has 0 spiro atoms. The van der Waals surface area contributed by atoms with Crippen LogP contribution in [0.25, 0.3) is 0 Å². The van der Waals surface area contributed by atoms with E-state index < -0.39 is 27.4 Å². The quantitative estimate of drug-likeness (QED) is 0.787. The zero-order valence-corrected chi connectivity index (χ0v) is 12.9. The second-order valence-electron chi connectivity index (χ2n) is 5.06. The first-order chi connectivity index (χ1) is 9.63. The topological polar surface area (TPSA) is 86.7 Å². The minimum atomic E-state index is -3.88. The molecular weight excluding hydrogens is 299 g/mol. The first kappa shape index (κ1) is 17.5. The molecule has 1 aromatic rings. The molecule has 0 saturated heterocycles. The maximum atomic E-state index is 13.3. The molecule has 0 aliphatic rings. The van der Waals surface area contributed by atoms with E-state index in [2.05, 4.69) is 4.72 Å². The Labute approximate surface area is 123 Å². The van der Waals surface area contributed by atoms with Gasteiger partial charge < -0.3 is 10.0 Å². The lowest BCUT2D eigenvalue weighted by Gasteiger charge is -2.17. The van der Waals surface area contributed by atoms with Crippen molar-refractivity contribution in [3.05, 3.63) is 29.6 Å². The molecule has 21 heavy (non-hydrogen) atoms. The highest BCUT2D eigenvalue weighted by Crippen LogP contribution is 2.16. The Kier molecular flexibility index (Phi) is 5.82. The molecular formula is C13H19FN2O4S. The van der Waals surface area contributed by atoms with Crippen molar-refractivity contribution in [2.45, 2.75) is 24.3 Å². The summed E-state index contributed by atoms with van der Waals surface area (Å²) < 4.78 is 40.0. The number of aromatic carboxylic acids is 1. The average molecular weight is 318 g/mol. The van der Waals surface area contributed by atoms with Crippen LogP contribution < -0.4 is 4.72 Å². The van der Waals surface area contributed by atoms with Crippen LogP contribution in [-0.2, 0) is 10.0 Å². The zero-order chi connectivity index (χ0) is 16.2. The zero-order valence-electron chi connectivity index (χ0n) is 12.1. The Morgan fingerprint density at radius 3 is 2.57 bits per heavy atom. The van der Waals surface area contributed by atoms with Crippen molar-refractivity contribution in [3.63, 3.8) is 0 Å². The molecule has 0 aliphatic heterocycles. The van der Waals surface area contributed by atoms with Gasteiger partial charge in [0.25, 0.3) is 0 Å². The first-order valence-corrected chi connectivity index (χ1v) is 7.81. The fourth-order valence-electron chi connectivity index (χ4n) is 1.68. The third-order valence-electron chi connectivity index (χ3n) is 2.84. The van der Waals surface area contributed by atoms with Crippen LogP contribution in [0.4, 0.5) is 4.39 Å². The van der Waals surface area contributed by atoms with Gasteiger partial charge in [0.2, 0.25) is 10.0 Å². The van der Waals surface area contributed by atoms with E-state index in [0.29, 0.717) is 13.0 Å². The number of nitrogens with one attached hydrogen (secondary N) is 1. The minimum Gasteiger partial charge on any atom is -0.478 e. The summed E-state index contributed by atoms with van der Waals surface area (Å²) in [5.41, 5.74) is -0.668. The van der Waals surface area contributed by atoms with Crippen LogP contribution in [0.5, 0.6) is 0 Å². The van der Waals surface area contributed by atoms with Gasteiger partial charge in [0.1, 0.15) is 5.82 Å². The molecule has 8 heteroatoms. The molecule has 118 valence electrons. The Morgan fingerprint density at radius 2 is 2.05 bits per heavy atom. The molecule has 0 bridgehead atoms. The van der Waals surface area contributed by atoms with E-state index in [1.54, 1.807) is 6.92 Å². The van der Waals surface area contributed by atoms with Crippen LogP contribution in [0.3, 0.4) is 0 Å². The minimum absolute atomic E-state index is 0.266. The molecule has 0 fully saturated rings. The smallest absolute Gasteiger partial charge is 0.338 e. The van der Waals surface area contributed by atoms with E-state index in [4.69, 9.17) is 5.11 Å². The molecule has 1 aromatic carbocycles. The summed E-state index contributed by atoms with van der Waals surface area (Å²) >= 11 is 0. The van der Waals surface area contributed by atoms with Crippen LogP contribution >= 0.6 is 0 Å². The van der Waals surface area contributed by atoms with Gasteiger partial charge >= 0.3 is 5.97 Å². The monoisotopic (exact) mass is 318 g/mol. The van der Waals surface area contributed by atoms with Gasteiger partial charge in [-0.15, -0.1) is 0 Å². The number of carbonyl (C=O) groups is 1. The van der Waals surface area contributed by atoms with Gasteiger partial charge in [-0.2, -0.15) is 0 Å². The van der Waals surface area contributed by atoms with Crippen molar-refractivity contribution in [1.82, 2.24) is 9.62 Å². The number of sulfonamides is 1. The van der Waals surface area contributed by atoms with Crippen molar-refractivity contribution in [3.8, 4) is 0 Å². The van der Waals surface area contributed by atoms with Gasteiger partial charge in [0.15, 0.2) is 0 Å². The number of halogens is 1. The normalized spacial score (nSPS) is 13.4. The SMILES string of the molecule is CC(CCN(C)C)NS(=O)(=O)c1ccc(F)c(C(=O)O)c1. The largest absolute Gasteiger partial charge is 0.478 e. The van der Waals surface area contributed by atoms with Crippen molar-refractivity contribution < 1.29 is 22.7 Å². The highest BCUT2D eigenvalue weighted by atomic mass is 32.2. The number of benzene rings is 1. The van der Waals surface area contributed by atoms with Crippen molar-refractivity contribution in [1.29, 1.82) is 0 Å². The number of hydrogen-bond donors (Lipinski definition) is 2. The van der Waals surface area contributed by atoms with Gasteiger partial charge in [-0.05, 0) is 52.2 Å². The molecule has 2 N–H and O–H groups in total. The van der Waals surface area contributed by atoms with Gasteiger partial charge in [-0.25, -0.2) is 22.3 Å². The van der Waals surface area contributed by atoms with E-state index in [0.717, 1.165) is 18.2 Å². The third-order valence-corrected chi connectivity index (χ3v) is 4.43. The predicted octanol–water partition coefficient (Wildman–Crippen LogP) is 1.14.